The van der Waals surface area contributed by atoms with Crippen LogP contribution in [0.3, 0.4) is 0 Å². The van der Waals surface area contributed by atoms with Gasteiger partial charge in [0.1, 0.15) is 11.6 Å². The van der Waals surface area contributed by atoms with Gasteiger partial charge >= 0.3 is 18.5 Å². The highest BCUT2D eigenvalue weighted by atomic mass is 16.7. The Morgan fingerprint density at radius 2 is 1.76 bits per heavy atom. The molecule has 9 heteroatoms. The molecule has 4 aliphatic rings. The lowest BCUT2D eigenvalue weighted by Gasteiger charge is -2.47. The first-order valence-electron chi connectivity index (χ1n) is 11.1. The molecule has 33 heavy (non-hydrogen) atoms. The number of rotatable bonds is 4. The summed E-state index contributed by atoms with van der Waals surface area (Å²) in [6, 6.07) is 16.4. The maximum atomic E-state index is 13.5. The van der Waals surface area contributed by atoms with Crippen molar-refractivity contribution in [1.29, 1.82) is 0 Å². The van der Waals surface area contributed by atoms with E-state index in [0.717, 1.165) is 11.0 Å². The highest BCUT2D eigenvalue weighted by Crippen LogP contribution is 2.45. The van der Waals surface area contributed by atoms with E-state index in [0.29, 0.717) is 5.69 Å². The van der Waals surface area contributed by atoms with Gasteiger partial charge in [0.05, 0.1) is 24.0 Å². The highest BCUT2D eigenvalue weighted by Gasteiger charge is 2.60. The van der Waals surface area contributed by atoms with Crippen molar-refractivity contribution in [2.45, 2.75) is 43.7 Å². The molecule has 1 saturated heterocycles. The van der Waals surface area contributed by atoms with Crippen LogP contribution in [0.25, 0.3) is 5.69 Å². The van der Waals surface area contributed by atoms with Crippen LogP contribution in [0.5, 0.6) is 0 Å². The Hall–Kier alpha value is -3.14. The minimum atomic E-state index is -0.869. The molecule has 2 aromatic carbocycles. The highest BCUT2D eigenvalue weighted by molar-refractivity contribution is 6.62. The molecule has 5 atom stereocenters. The molecule has 1 aliphatic carbocycles. The number of benzene rings is 2. The molecule has 8 nitrogen and oxygen atoms in total. The van der Waals surface area contributed by atoms with Gasteiger partial charge in [0, 0.05) is 7.11 Å². The van der Waals surface area contributed by atoms with Gasteiger partial charge in [-0.1, -0.05) is 54.6 Å². The summed E-state index contributed by atoms with van der Waals surface area (Å²) in [7, 11) is 1.05. The van der Waals surface area contributed by atoms with Gasteiger partial charge in [-0.05, 0) is 37.0 Å². The van der Waals surface area contributed by atoms with Gasteiger partial charge in [-0.3, -0.25) is 0 Å². The Bertz CT molecular complexity index is 1380. The van der Waals surface area contributed by atoms with E-state index in [1.807, 2.05) is 56.3 Å². The molecular weight excluding hydrogens is 421 g/mol. The number of ether oxygens (including phenoxy) is 1. The van der Waals surface area contributed by atoms with Gasteiger partial charge in [-0.25, -0.2) is 23.5 Å². The van der Waals surface area contributed by atoms with Crippen molar-refractivity contribution in [2.75, 3.05) is 7.11 Å². The third-order valence-electron chi connectivity index (χ3n) is 7.16. The van der Waals surface area contributed by atoms with E-state index >= 15 is 0 Å². The zero-order valence-electron chi connectivity index (χ0n) is 18.6. The Balaban J connectivity index is 1.45. The molecule has 4 heterocycles. The second-order valence-electron chi connectivity index (χ2n) is 8.96. The maximum Gasteiger partial charge on any atom is 0.495 e. The quantitative estimate of drug-likeness (QED) is 0.450. The van der Waals surface area contributed by atoms with Crippen LogP contribution in [0.1, 0.15) is 31.6 Å². The van der Waals surface area contributed by atoms with Crippen LogP contribution in [0.2, 0.25) is 0 Å². The van der Waals surface area contributed by atoms with Crippen LogP contribution >= 0.6 is 0 Å². The van der Waals surface area contributed by atoms with Crippen LogP contribution in [-0.2, 0) is 19.6 Å². The van der Waals surface area contributed by atoms with Gasteiger partial charge in [0.25, 0.3) is 0 Å². The molecule has 3 aromatic rings. The van der Waals surface area contributed by atoms with E-state index in [1.165, 1.54) is 13.9 Å². The normalized spacial score (nSPS) is 28.1. The molecular formula is C24H24BN3O5. The van der Waals surface area contributed by atoms with Crippen molar-refractivity contribution in [1.82, 2.24) is 13.9 Å². The summed E-state index contributed by atoms with van der Waals surface area (Å²) in [6.45, 7) is 3.89. The molecule has 3 aliphatic heterocycles. The van der Waals surface area contributed by atoms with E-state index in [4.69, 9.17) is 14.0 Å². The number of hydrogen-bond donors (Lipinski definition) is 0. The van der Waals surface area contributed by atoms with Gasteiger partial charge in [0.2, 0.25) is 0 Å². The van der Waals surface area contributed by atoms with Crippen molar-refractivity contribution < 1.29 is 14.0 Å². The molecule has 7 rings (SSSR count). The summed E-state index contributed by atoms with van der Waals surface area (Å²) in [4.78, 5) is 27.0. The molecule has 1 fully saturated rings. The van der Waals surface area contributed by atoms with E-state index < -0.39 is 30.9 Å². The van der Waals surface area contributed by atoms with E-state index in [2.05, 4.69) is 0 Å². The van der Waals surface area contributed by atoms with Gasteiger partial charge < -0.3 is 14.0 Å². The molecule has 168 valence electrons. The second kappa shape index (κ2) is 7.18. The van der Waals surface area contributed by atoms with Gasteiger partial charge in [-0.2, -0.15) is 0 Å². The van der Waals surface area contributed by atoms with Crippen molar-refractivity contribution in [3.63, 3.8) is 0 Å². The number of nitrogens with zero attached hydrogens (tertiary/aromatic N) is 3. The van der Waals surface area contributed by atoms with E-state index in [-0.39, 0.29) is 17.5 Å². The fourth-order valence-electron chi connectivity index (χ4n) is 5.42. The number of aromatic nitrogens is 3. The lowest BCUT2D eigenvalue weighted by Crippen LogP contribution is -2.62. The largest absolute Gasteiger partial charge is 0.495 e. The average molecular weight is 445 g/mol. The van der Waals surface area contributed by atoms with E-state index in [9.17, 15) is 9.59 Å². The first-order chi connectivity index (χ1) is 16.0. The van der Waals surface area contributed by atoms with Gasteiger partial charge in [-0.15, -0.1) is 0 Å². The molecule has 0 radical (unpaired) electrons. The van der Waals surface area contributed by atoms with Crippen LogP contribution in [0, 0.1) is 0 Å². The Kier molecular flexibility index (Phi) is 4.45. The first-order valence-corrected chi connectivity index (χ1v) is 11.1. The summed E-state index contributed by atoms with van der Waals surface area (Å²) < 4.78 is 22.7. The summed E-state index contributed by atoms with van der Waals surface area (Å²) in [5.74, 6) is 0. The fraction of sp³-hybridized carbons (Fsp3) is 0.333. The third kappa shape index (κ3) is 2.70. The minimum Gasteiger partial charge on any atom is -0.399 e. The Labute approximate surface area is 190 Å². The standard InChI is InChI=1S/C24H24BN3O5/c1-15(31-3)17-11-7-8-12-18(17)25-32-20-19-13-14-24(2,21(20)33-25)28-23(30)26(22(29)27(19)28)16-9-5-4-6-10-16/h4-15,19-21H,1-3H3/t15-,19-,20-,21-,24+/m0/s1. The second-order valence-corrected chi connectivity index (χ2v) is 8.96. The predicted molar refractivity (Wildman–Crippen MR) is 123 cm³/mol. The summed E-state index contributed by atoms with van der Waals surface area (Å²) in [5.41, 5.74) is 0.775. The summed E-state index contributed by atoms with van der Waals surface area (Å²) in [6.07, 6.45) is 2.96. The summed E-state index contributed by atoms with van der Waals surface area (Å²) >= 11 is 0. The maximum absolute atomic E-state index is 13.5. The van der Waals surface area contributed by atoms with Crippen LogP contribution in [0.4, 0.5) is 0 Å². The lowest BCUT2D eigenvalue weighted by molar-refractivity contribution is -0.0208. The first kappa shape index (κ1) is 20.5. The van der Waals surface area contributed by atoms with E-state index in [1.54, 1.807) is 31.4 Å². The minimum absolute atomic E-state index is 0.129. The number of methoxy groups -OCH3 is 1. The third-order valence-corrected chi connectivity index (χ3v) is 7.16. The van der Waals surface area contributed by atoms with Crippen LogP contribution < -0.4 is 16.8 Å². The molecule has 0 spiro atoms. The molecule has 0 unspecified atom stereocenters. The lowest BCUT2D eigenvalue weighted by atomic mass is 9.75. The number of hydrogen-bond acceptors (Lipinski definition) is 5. The number of para-hydroxylation sites is 1. The van der Waals surface area contributed by atoms with Crippen molar-refractivity contribution in [2.24, 2.45) is 0 Å². The molecule has 2 bridgehead atoms. The van der Waals surface area contributed by atoms with Crippen LogP contribution in [-0.4, -0.2) is 40.4 Å². The van der Waals surface area contributed by atoms with Crippen molar-refractivity contribution >= 4 is 12.6 Å². The SMILES string of the molecule is CO[C@@H](C)c1ccccc1B1O[C@H]2[C@@H]3C=C[C@](C)([C@H]2O1)n1c(=O)n(-c2ccccc2)c(=O)n13. The summed E-state index contributed by atoms with van der Waals surface area (Å²) in [5, 5.41) is 0. The average Bonchev–Trinajstić information content (AvgIpc) is 3.41. The van der Waals surface area contributed by atoms with Crippen LogP contribution in [0.15, 0.2) is 76.3 Å². The Morgan fingerprint density at radius 1 is 1.03 bits per heavy atom. The fourth-order valence-corrected chi connectivity index (χ4v) is 5.42. The molecule has 0 saturated carbocycles. The van der Waals surface area contributed by atoms with Gasteiger partial charge in [0.15, 0.2) is 0 Å². The zero-order valence-corrected chi connectivity index (χ0v) is 18.6. The molecule has 0 amide bonds. The Morgan fingerprint density at radius 3 is 2.52 bits per heavy atom. The molecule has 1 aromatic heterocycles. The zero-order chi connectivity index (χ0) is 22.9. The van der Waals surface area contributed by atoms with Crippen molar-refractivity contribution in [3.05, 3.63) is 93.3 Å². The van der Waals surface area contributed by atoms with Crippen molar-refractivity contribution in [3.8, 4) is 5.69 Å². The molecule has 0 N–H and O–H groups in total. The predicted octanol–water partition coefficient (Wildman–Crippen LogP) is 1.53. The monoisotopic (exact) mass is 445 g/mol. The smallest absolute Gasteiger partial charge is 0.399 e. The topological polar surface area (TPSA) is 76.6 Å².